The molecule has 1 aromatic carbocycles. The van der Waals surface area contributed by atoms with Gasteiger partial charge in [-0.05, 0) is 48.8 Å². The summed E-state index contributed by atoms with van der Waals surface area (Å²) in [6.07, 6.45) is 2.84. The highest BCUT2D eigenvalue weighted by atomic mass is 16.3. The molecule has 1 aliphatic carbocycles. The van der Waals surface area contributed by atoms with Crippen molar-refractivity contribution in [1.29, 1.82) is 0 Å². The third-order valence-corrected chi connectivity index (χ3v) is 7.89. The number of aliphatic hydroxyl groups is 1. The van der Waals surface area contributed by atoms with Crippen LogP contribution in [0.2, 0.25) is 0 Å². The number of nitrogens with one attached hydrogen (secondary N) is 3. The first-order valence-electron chi connectivity index (χ1n) is 13.5. The van der Waals surface area contributed by atoms with Gasteiger partial charge in [0.15, 0.2) is 11.5 Å². The topological polar surface area (TPSA) is 158 Å². The van der Waals surface area contributed by atoms with E-state index < -0.39 is 53.8 Å². The molecule has 4 rings (SSSR count). The molecule has 10 nitrogen and oxygen atoms in total. The van der Waals surface area contributed by atoms with Gasteiger partial charge in [-0.15, -0.1) is 0 Å². The molecule has 39 heavy (non-hydrogen) atoms. The third kappa shape index (κ3) is 6.62. The molecule has 0 bridgehead atoms. The van der Waals surface area contributed by atoms with Crippen molar-refractivity contribution >= 4 is 23.5 Å². The van der Waals surface area contributed by atoms with Gasteiger partial charge in [0, 0.05) is 12.6 Å². The van der Waals surface area contributed by atoms with E-state index in [9.17, 15) is 29.4 Å². The Labute approximate surface area is 227 Å². The molecule has 1 aromatic heterocycles. The fourth-order valence-corrected chi connectivity index (χ4v) is 5.23. The van der Waals surface area contributed by atoms with E-state index >= 15 is 0 Å². The Morgan fingerprint density at radius 1 is 1.03 bits per heavy atom. The van der Waals surface area contributed by atoms with Crippen molar-refractivity contribution in [2.45, 2.75) is 70.2 Å². The molecule has 2 fully saturated rings. The van der Waals surface area contributed by atoms with Crippen LogP contribution in [0.3, 0.4) is 0 Å². The van der Waals surface area contributed by atoms with E-state index in [4.69, 9.17) is 0 Å². The summed E-state index contributed by atoms with van der Waals surface area (Å²) in [5.74, 6) is -3.95. The van der Waals surface area contributed by atoms with E-state index in [1.165, 1.54) is 18.3 Å². The zero-order chi connectivity index (χ0) is 28.1. The number of hydrogen-bond donors (Lipinski definition) is 5. The molecule has 1 saturated heterocycles. The quantitative estimate of drug-likeness (QED) is 0.387. The van der Waals surface area contributed by atoms with Crippen molar-refractivity contribution in [3.05, 3.63) is 59.9 Å². The van der Waals surface area contributed by atoms with Crippen LogP contribution in [-0.4, -0.2) is 62.9 Å². The van der Waals surface area contributed by atoms with Gasteiger partial charge in [-0.3, -0.25) is 19.2 Å². The number of amides is 3. The number of aliphatic hydroxyl groups excluding tert-OH is 1. The van der Waals surface area contributed by atoms with Crippen LogP contribution in [0.25, 0.3) is 0 Å². The number of benzene rings is 1. The predicted octanol–water partition coefficient (Wildman–Crippen LogP) is 1.50. The number of ketones is 1. The monoisotopic (exact) mass is 536 g/mol. The molecule has 3 amide bonds. The second-order valence-corrected chi connectivity index (χ2v) is 10.7. The zero-order valence-electron chi connectivity index (χ0n) is 22.2. The first-order valence-corrected chi connectivity index (χ1v) is 13.5. The standard InChI is InChI=1S/C29H36N4O6/c1-16-14-22(35)24(19-10-6-11-19)33-27(37)17(2)26(36)20(15-18-8-4-3-5-9-18)31-28(38)23(16)32-29(39)25-21(34)12-7-13-30-25/h3-5,7-9,12-13,16-17,19-20,23-24,26,34,36H,6,10-11,14-15H2,1-2H3,(H,31,38)(H,32,39)(H,33,37)/t16-,17+,20-,23-,24?,26-/m0/s1. The lowest BCUT2D eigenvalue weighted by atomic mass is 9.76. The van der Waals surface area contributed by atoms with E-state index in [0.717, 1.165) is 24.8 Å². The molecule has 1 unspecified atom stereocenters. The van der Waals surface area contributed by atoms with E-state index in [0.29, 0.717) is 0 Å². The fourth-order valence-electron chi connectivity index (χ4n) is 5.23. The number of Topliss-reactive ketones (excluding diaryl/α,β-unsaturated/α-hetero) is 1. The Morgan fingerprint density at radius 2 is 1.74 bits per heavy atom. The van der Waals surface area contributed by atoms with Crippen LogP contribution in [0, 0.1) is 17.8 Å². The maximum Gasteiger partial charge on any atom is 0.274 e. The van der Waals surface area contributed by atoms with Crippen LogP contribution in [-0.2, 0) is 20.8 Å². The van der Waals surface area contributed by atoms with Crippen LogP contribution in [0.1, 0.15) is 55.6 Å². The van der Waals surface area contributed by atoms with Gasteiger partial charge in [-0.2, -0.15) is 0 Å². The fraction of sp³-hybridized carbons (Fsp3) is 0.483. The Bertz CT molecular complexity index is 1200. The third-order valence-electron chi connectivity index (χ3n) is 7.89. The molecule has 0 spiro atoms. The van der Waals surface area contributed by atoms with Crippen LogP contribution >= 0.6 is 0 Å². The van der Waals surface area contributed by atoms with Crippen LogP contribution < -0.4 is 16.0 Å². The van der Waals surface area contributed by atoms with Crippen LogP contribution in [0.4, 0.5) is 0 Å². The van der Waals surface area contributed by atoms with Crippen molar-refractivity contribution in [2.75, 3.05) is 0 Å². The van der Waals surface area contributed by atoms with E-state index in [1.54, 1.807) is 13.8 Å². The summed E-state index contributed by atoms with van der Waals surface area (Å²) in [7, 11) is 0. The van der Waals surface area contributed by atoms with Gasteiger partial charge in [0.05, 0.1) is 24.1 Å². The van der Waals surface area contributed by atoms with Crippen molar-refractivity contribution in [3.8, 4) is 5.75 Å². The van der Waals surface area contributed by atoms with Crippen molar-refractivity contribution in [1.82, 2.24) is 20.9 Å². The Balaban J connectivity index is 1.67. The highest BCUT2D eigenvalue weighted by molar-refractivity contribution is 5.98. The van der Waals surface area contributed by atoms with E-state index in [2.05, 4.69) is 20.9 Å². The smallest absolute Gasteiger partial charge is 0.274 e. The van der Waals surface area contributed by atoms with Crippen molar-refractivity contribution in [3.63, 3.8) is 0 Å². The molecule has 2 heterocycles. The molecular formula is C29H36N4O6. The molecule has 2 aliphatic rings. The lowest BCUT2D eigenvalue weighted by Crippen LogP contribution is -2.59. The second kappa shape index (κ2) is 12.4. The first-order chi connectivity index (χ1) is 18.7. The summed E-state index contributed by atoms with van der Waals surface area (Å²) in [5.41, 5.74) is 0.597. The lowest BCUT2D eigenvalue weighted by Gasteiger charge is -2.37. The number of nitrogens with zero attached hydrogens (tertiary/aromatic N) is 1. The summed E-state index contributed by atoms with van der Waals surface area (Å²) in [6, 6.07) is 9.30. The summed E-state index contributed by atoms with van der Waals surface area (Å²) in [4.78, 5) is 57.2. The minimum atomic E-state index is -1.27. The molecule has 5 N–H and O–H groups in total. The average molecular weight is 537 g/mol. The van der Waals surface area contributed by atoms with E-state index in [-0.39, 0.29) is 36.0 Å². The number of pyridine rings is 1. The number of aromatic hydroxyl groups is 1. The average Bonchev–Trinajstić information content (AvgIpc) is 2.89. The number of aromatic nitrogens is 1. The highest BCUT2D eigenvalue weighted by Gasteiger charge is 2.41. The Kier molecular flexibility index (Phi) is 8.96. The summed E-state index contributed by atoms with van der Waals surface area (Å²) in [5, 5.41) is 29.8. The minimum Gasteiger partial charge on any atom is -0.505 e. The number of carbonyl (C=O) groups excluding carboxylic acids is 4. The van der Waals surface area contributed by atoms with Gasteiger partial charge in [0.1, 0.15) is 11.8 Å². The zero-order valence-corrected chi connectivity index (χ0v) is 22.2. The Morgan fingerprint density at radius 3 is 2.38 bits per heavy atom. The van der Waals surface area contributed by atoms with Gasteiger partial charge in [-0.1, -0.05) is 50.6 Å². The van der Waals surface area contributed by atoms with Gasteiger partial charge in [0.25, 0.3) is 5.91 Å². The minimum absolute atomic E-state index is 0.00613. The van der Waals surface area contributed by atoms with Crippen molar-refractivity contribution < 1.29 is 29.4 Å². The second-order valence-electron chi connectivity index (χ2n) is 10.7. The van der Waals surface area contributed by atoms with Gasteiger partial charge >= 0.3 is 0 Å². The molecule has 2 aromatic rings. The molecule has 1 aliphatic heterocycles. The summed E-state index contributed by atoms with van der Waals surface area (Å²) >= 11 is 0. The summed E-state index contributed by atoms with van der Waals surface area (Å²) < 4.78 is 0. The number of hydrogen-bond acceptors (Lipinski definition) is 7. The summed E-state index contributed by atoms with van der Waals surface area (Å²) in [6.45, 7) is 3.25. The molecule has 6 atom stereocenters. The number of carbonyl (C=O) groups is 4. The van der Waals surface area contributed by atoms with Gasteiger partial charge in [-0.25, -0.2) is 4.98 Å². The SMILES string of the molecule is C[C@H]1CC(=O)C(C2CCC2)NC(=O)[C@H](C)[C@H](O)[C@H](Cc2ccccc2)NC(=O)[C@H]1NC(=O)c1ncccc1O. The molecule has 0 radical (unpaired) electrons. The predicted molar refractivity (Wildman–Crippen MR) is 142 cm³/mol. The highest BCUT2D eigenvalue weighted by Crippen LogP contribution is 2.32. The largest absolute Gasteiger partial charge is 0.505 e. The maximum absolute atomic E-state index is 13.7. The molecule has 208 valence electrons. The van der Waals surface area contributed by atoms with Crippen LogP contribution in [0.15, 0.2) is 48.7 Å². The molecule has 1 saturated carbocycles. The molecular weight excluding hydrogens is 500 g/mol. The van der Waals surface area contributed by atoms with Gasteiger partial charge < -0.3 is 26.2 Å². The van der Waals surface area contributed by atoms with Crippen molar-refractivity contribution in [2.24, 2.45) is 17.8 Å². The Hall–Kier alpha value is -3.79. The number of rotatable bonds is 5. The lowest BCUT2D eigenvalue weighted by molar-refractivity contribution is -0.137. The van der Waals surface area contributed by atoms with E-state index in [1.807, 2.05) is 30.3 Å². The normalized spacial score (nSPS) is 28.7. The van der Waals surface area contributed by atoms with Gasteiger partial charge in [0.2, 0.25) is 11.8 Å². The molecule has 10 heteroatoms. The maximum atomic E-state index is 13.7. The first kappa shape index (κ1) is 28.2. The van der Waals surface area contributed by atoms with Crippen LogP contribution in [0.5, 0.6) is 5.75 Å².